The number of benzene rings is 3. The summed E-state index contributed by atoms with van der Waals surface area (Å²) in [6.07, 6.45) is 2.56. The summed E-state index contributed by atoms with van der Waals surface area (Å²) in [5, 5.41) is 1.02. The number of hydrogen-bond donors (Lipinski definition) is 1. The molecule has 0 saturated heterocycles. The maximum absolute atomic E-state index is 14.8. The van der Waals surface area contributed by atoms with Crippen LogP contribution in [0.4, 0.5) is 27.6 Å². The number of para-hydroxylation sites is 2. The number of anilines is 1. The first-order chi connectivity index (χ1) is 19.1. The first-order valence-electron chi connectivity index (χ1n) is 13.3. The standard InChI is InChI=1S/C31H28F5N3O/c1-38(2)28-18(7-5-8-22(28)32)17-10-13-31(14-11-17)29-20(19-6-3-4-9-24(19)37-29)12-15-39(31)30(40)21-16-23(33)26(35)27(36)25(21)34/h3-9,16-17,37H,10-15H2,1-2H3. The molecule has 0 bridgehead atoms. The van der Waals surface area contributed by atoms with Crippen LogP contribution >= 0.6 is 0 Å². The van der Waals surface area contributed by atoms with Crippen molar-refractivity contribution >= 4 is 22.5 Å². The number of nitrogens with one attached hydrogen (secondary N) is 1. The molecule has 1 saturated carbocycles. The summed E-state index contributed by atoms with van der Waals surface area (Å²) in [5.41, 5.74) is 2.41. The van der Waals surface area contributed by atoms with E-state index in [0.717, 1.165) is 27.7 Å². The van der Waals surface area contributed by atoms with Crippen LogP contribution in [0.5, 0.6) is 0 Å². The van der Waals surface area contributed by atoms with E-state index >= 15 is 0 Å². The fourth-order valence-corrected chi connectivity index (χ4v) is 6.86. The van der Waals surface area contributed by atoms with Crippen LogP contribution in [0.15, 0.2) is 48.5 Å². The molecule has 0 radical (unpaired) electrons. The van der Waals surface area contributed by atoms with Gasteiger partial charge in [-0.25, -0.2) is 22.0 Å². The molecule has 4 aromatic rings. The van der Waals surface area contributed by atoms with Crippen molar-refractivity contribution in [1.82, 2.24) is 9.88 Å². The minimum atomic E-state index is -2.01. The zero-order valence-electron chi connectivity index (χ0n) is 22.1. The van der Waals surface area contributed by atoms with Gasteiger partial charge in [0, 0.05) is 37.2 Å². The van der Waals surface area contributed by atoms with Gasteiger partial charge in [-0.2, -0.15) is 0 Å². The monoisotopic (exact) mass is 553 g/mol. The van der Waals surface area contributed by atoms with Crippen molar-refractivity contribution in [2.45, 2.75) is 43.6 Å². The van der Waals surface area contributed by atoms with Gasteiger partial charge in [-0.05, 0) is 67.3 Å². The number of amides is 1. The maximum atomic E-state index is 14.8. The molecule has 1 fully saturated rings. The van der Waals surface area contributed by atoms with Crippen LogP contribution in [-0.2, 0) is 12.0 Å². The quantitative estimate of drug-likeness (QED) is 0.166. The second-order valence-electron chi connectivity index (χ2n) is 11.0. The van der Waals surface area contributed by atoms with Crippen LogP contribution in [0.3, 0.4) is 0 Å². The van der Waals surface area contributed by atoms with Crippen LogP contribution in [0.25, 0.3) is 10.9 Å². The van der Waals surface area contributed by atoms with Crippen molar-refractivity contribution in [1.29, 1.82) is 0 Å². The topological polar surface area (TPSA) is 39.3 Å². The molecule has 1 amide bonds. The minimum absolute atomic E-state index is 0.00266. The first-order valence-corrected chi connectivity index (χ1v) is 13.3. The Morgan fingerprint density at radius 1 is 0.925 bits per heavy atom. The summed E-state index contributed by atoms with van der Waals surface area (Å²) in [4.78, 5) is 20.6. The lowest BCUT2D eigenvalue weighted by Gasteiger charge is -2.51. The Morgan fingerprint density at radius 3 is 2.38 bits per heavy atom. The van der Waals surface area contributed by atoms with Crippen LogP contribution in [0.2, 0.25) is 0 Å². The van der Waals surface area contributed by atoms with Crippen molar-refractivity contribution in [2.75, 3.05) is 25.5 Å². The molecule has 208 valence electrons. The number of carbonyl (C=O) groups is 1. The van der Waals surface area contributed by atoms with E-state index in [4.69, 9.17) is 0 Å². The Balaban J connectivity index is 1.45. The number of fused-ring (bicyclic) bond motifs is 4. The van der Waals surface area contributed by atoms with Gasteiger partial charge in [0.1, 0.15) is 5.82 Å². The van der Waals surface area contributed by atoms with Gasteiger partial charge in [-0.3, -0.25) is 4.79 Å². The van der Waals surface area contributed by atoms with E-state index < -0.39 is 40.3 Å². The van der Waals surface area contributed by atoms with Gasteiger partial charge in [0.2, 0.25) is 0 Å². The van der Waals surface area contributed by atoms with E-state index in [1.807, 2.05) is 30.3 Å². The summed E-state index contributed by atoms with van der Waals surface area (Å²) < 4.78 is 71.6. The number of H-pyrrole nitrogens is 1. The molecule has 9 heteroatoms. The van der Waals surface area contributed by atoms with E-state index in [-0.39, 0.29) is 18.3 Å². The molecule has 2 aliphatic rings. The third-order valence-corrected chi connectivity index (χ3v) is 8.68. The second kappa shape index (κ2) is 9.64. The summed E-state index contributed by atoms with van der Waals surface area (Å²) in [5.74, 6) is -8.48. The van der Waals surface area contributed by atoms with Gasteiger partial charge in [0.15, 0.2) is 23.3 Å². The molecule has 2 heterocycles. The fourth-order valence-electron chi connectivity index (χ4n) is 6.86. The van der Waals surface area contributed by atoms with Crippen LogP contribution in [0.1, 0.15) is 58.8 Å². The number of aromatic amines is 1. The molecule has 40 heavy (non-hydrogen) atoms. The summed E-state index contributed by atoms with van der Waals surface area (Å²) in [6, 6.07) is 13.3. The van der Waals surface area contributed by atoms with Crippen molar-refractivity contribution in [3.05, 3.63) is 100 Å². The maximum Gasteiger partial charge on any atom is 0.257 e. The fraction of sp³-hybridized carbons (Fsp3) is 0.323. The molecule has 1 spiro atoms. The molecule has 0 unspecified atom stereocenters. The molecule has 3 aromatic carbocycles. The predicted octanol–water partition coefficient (Wildman–Crippen LogP) is 7.18. The van der Waals surface area contributed by atoms with E-state index in [2.05, 4.69) is 4.98 Å². The first kappa shape index (κ1) is 26.3. The van der Waals surface area contributed by atoms with Crippen LogP contribution in [0, 0.1) is 29.1 Å². The Morgan fingerprint density at radius 2 is 1.65 bits per heavy atom. The summed E-state index contributed by atoms with van der Waals surface area (Å²) in [7, 11) is 3.58. The lowest BCUT2D eigenvalue weighted by Crippen LogP contribution is -2.55. The van der Waals surface area contributed by atoms with Gasteiger partial charge >= 0.3 is 0 Å². The molecule has 1 aromatic heterocycles. The molecule has 4 nitrogen and oxygen atoms in total. The van der Waals surface area contributed by atoms with E-state index in [1.54, 1.807) is 25.1 Å². The van der Waals surface area contributed by atoms with Crippen LogP contribution in [-0.4, -0.2) is 36.4 Å². The highest BCUT2D eigenvalue weighted by Crippen LogP contribution is 2.52. The largest absolute Gasteiger partial charge is 0.375 e. The summed E-state index contributed by atoms with van der Waals surface area (Å²) >= 11 is 0. The van der Waals surface area contributed by atoms with E-state index in [9.17, 15) is 26.7 Å². The van der Waals surface area contributed by atoms with Crippen molar-refractivity contribution in [3.63, 3.8) is 0 Å². The molecule has 0 atom stereocenters. The Hall–Kier alpha value is -3.88. The third-order valence-electron chi connectivity index (χ3n) is 8.68. The number of aromatic nitrogens is 1. The van der Waals surface area contributed by atoms with Gasteiger partial charge < -0.3 is 14.8 Å². The molecule has 6 rings (SSSR count). The molecule has 1 aliphatic carbocycles. The summed E-state index contributed by atoms with van der Waals surface area (Å²) in [6.45, 7) is 0.196. The van der Waals surface area contributed by atoms with E-state index in [0.29, 0.717) is 43.9 Å². The average molecular weight is 554 g/mol. The number of carbonyl (C=O) groups excluding carboxylic acids is 1. The van der Waals surface area contributed by atoms with Crippen molar-refractivity contribution in [3.8, 4) is 0 Å². The second-order valence-corrected chi connectivity index (χ2v) is 11.0. The lowest BCUT2D eigenvalue weighted by molar-refractivity contribution is 0.0220. The molecule has 1 aliphatic heterocycles. The zero-order chi connectivity index (χ0) is 28.3. The predicted molar refractivity (Wildman–Crippen MR) is 143 cm³/mol. The smallest absolute Gasteiger partial charge is 0.257 e. The average Bonchev–Trinajstić information content (AvgIpc) is 3.34. The Labute approximate surface area is 228 Å². The van der Waals surface area contributed by atoms with Crippen LogP contribution < -0.4 is 4.90 Å². The highest BCUT2D eigenvalue weighted by Gasteiger charge is 2.50. The van der Waals surface area contributed by atoms with Gasteiger partial charge in [0.05, 0.1) is 16.8 Å². The highest BCUT2D eigenvalue weighted by atomic mass is 19.2. The number of halogens is 5. The number of nitrogens with zero attached hydrogens (tertiary/aromatic N) is 2. The van der Waals surface area contributed by atoms with Crippen molar-refractivity contribution in [2.24, 2.45) is 0 Å². The Bertz CT molecular complexity index is 1640. The third kappa shape index (κ3) is 3.89. The zero-order valence-corrected chi connectivity index (χ0v) is 22.1. The van der Waals surface area contributed by atoms with Gasteiger partial charge in [0.25, 0.3) is 5.91 Å². The normalized spacial score (nSPS) is 20.7. The van der Waals surface area contributed by atoms with Gasteiger partial charge in [-0.15, -0.1) is 0 Å². The molecular formula is C31H28F5N3O. The number of rotatable bonds is 3. The SMILES string of the molecule is CN(C)c1c(F)cccc1C1CCC2(CC1)c1[nH]c3ccccc3c1CCN2C(=O)c1cc(F)c(F)c(F)c1F. The minimum Gasteiger partial charge on any atom is -0.375 e. The van der Waals surface area contributed by atoms with Crippen molar-refractivity contribution < 1.29 is 26.7 Å². The highest BCUT2D eigenvalue weighted by molar-refractivity contribution is 5.96. The Kier molecular flexibility index (Phi) is 6.35. The molecular weight excluding hydrogens is 525 g/mol. The number of hydrogen-bond acceptors (Lipinski definition) is 2. The van der Waals surface area contributed by atoms with E-state index in [1.165, 1.54) is 11.0 Å². The van der Waals surface area contributed by atoms with Gasteiger partial charge in [-0.1, -0.05) is 30.3 Å². The molecule has 1 N–H and O–H groups in total. The lowest BCUT2D eigenvalue weighted by atomic mass is 9.69.